The average molecular weight is 377 g/mol. The largest absolute Gasteiger partial charge is 0.380 e. The summed E-state index contributed by atoms with van der Waals surface area (Å²) in [6.45, 7) is 8.98. The summed E-state index contributed by atoms with van der Waals surface area (Å²) >= 11 is 0. The molecular weight excluding hydrogens is 344 g/mol. The van der Waals surface area contributed by atoms with E-state index in [1.807, 2.05) is 19.9 Å². The molecule has 0 unspecified atom stereocenters. The number of aromatic nitrogens is 1. The third-order valence-corrected chi connectivity index (χ3v) is 4.56. The average Bonchev–Trinajstić information content (AvgIpc) is 2.69. The molecule has 0 bridgehead atoms. The van der Waals surface area contributed by atoms with Crippen molar-refractivity contribution in [1.29, 1.82) is 0 Å². The van der Waals surface area contributed by atoms with Gasteiger partial charge in [0, 0.05) is 50.5 Å². The summed E-state index contributed by atoms with van der Waals surface area (Å²) < 4.78 is 5.35. The fourth-order valence-corrected chi connectivity index (χ4v) is 3.11. The maximum atomic E-state index is 11.4. The Morgan fingerprint density at radius 3 is 2.81 bits per heavy atom. The zero-order chi connectivity index (χ0) is 19.5. The third kappa shape index (κ3) is 6.71. The molecule has 1 fully saturated rings. The van der Waals surface area contributed by atoms with Gasteiger partial charge >= 0.3 is 0 Å². The minimum atomic E-state index is -0.200. The Bertz CT molecular complexity index is 614. The molecule has 1 aliphatic rings. The highest BCUT2D eigenvalue weighted by Crippen LogP contribution is 2.24. The monoisotopic (exact) mass is 376 g/mol. The minimum Gasteiger partial charge on any atom is -0.380 e. The number of carbonyl (C=O) groups excluding carboxylic acids is 1. The van der Waals surface area contributed by atoms with Crippen molar-refractivity contribution in [3.05, 3.63) is 23.9 Å². The molecule has 8 nitrogen and oxygen atoms in total. The van der Waals surface area contributed by atoms with E-state index >= 15 is 0 Å². The Kier molecular flexibility index (Phi) is 8.83. The number of rotatable bonds is 9. The summed E-state index contributed by atoms with van der Waals surface area (Å²) in [5.74, 6) is 1.48. The van der Waals surface area contributed by atoms with E-state index in [0.717, 1.165) is 49.8 Å². The van der Waals surface area contributed by atoms with Crippen LogP contribution in [-0.4, -0.2) is 56.2 Å². The van der Waals surface area contributed by atoms with E-state index in [-0.39, 0.29) is 11.8 Å². The van der Waals surface area contributed by atoms with Gasteiger partial charge in [-0.25, -0.2) is 9.98 Å². The second-order valence-electron chi connectivity index (χ2n) is 6.47. The first-order chi connectivity index (χ1) is 13.2. The van der Waals surface area contributed by atoms with Crippen molar-refractivity contribution < 1.29 is 9.53 Å². The Balaban J connectivity index is 2.00. The van der Waals surface area contributed by atoms with Crippen molar-refractivity contribution in [1.82, 2.24) is 15.6 Å². The van der Waals surface area contributed by atoms with Crippen molar-refractivity contribution in [2.45, 2.75) is 33.2 Å². The van der Waals surface area contributed by atoms with Gasteiger partial charge in [0.25, 0.3) is 0 Å². The molecule has 1 aromatic rings. The predicted octanol–water partition coefficient (Wildman–Crippen LogP) is 0.875. The van der Waals surface area contributed by atoms with Crippen molar-refractivity contribution in [3.8, 4) is 0 Å². The number of piperidine rings is 1. The van der Waals surface area contributed by atoms with Crippen LogP contribution in [0.25, 0.3) is 0 Å². The molecule has 27 heavy (non-hydrogen) atoms. The fourth-order valence-electron chi connectivity index (χ4n) is 3.11. The molecular formula is C19H32N6O2. The number of nitrogens with zero attached hydrogens (tertiary/aromatic N) is 3. The van der Waals surface area contributed by atoms with E-state index in [2.05, 4.69) is 31.6 Å². The number of hydrogen-bond acceptors (Lipinski definition) is 5. The van der Waals surface area contributed by atoms with Crippen LogP contribution in [0.2, 0.25) is 0 Å². The van der Waals surface area contributed by atoms with Crippen LogP contribution >= 0.6 is 0 Å². The van der Waals surface area contributed by atoms with E-state index in [9.17, 15) is 4.79 Å². The molecule has 0 saturated carbocycles. The lowest BCUT2D eigenvalue weighted by Crippen LogP contribution is -2.39. The van der Waals surface area contributed by atoms with Crippen molar-refractivity contribution in [2.24, 2.45) is 16.6 Å². The Morgan fingerprint density at radius 2 is 2.15 bits per heavy atom. The first-order valence-corrected chi connectivity index (χ1v) is 9.73. The lowest BCUT2D eigenvalue weighted by molar-refractivity contribution is -0.122. The smallest absolute Gasteiger partial charge is 0.220 e. The number of primary amides is 1. The first-order valence-electron chi connectivity index (χ1n) is 9.73. The summed E-state index contributed by atoms with van der Waals surface area (Å²) in [7, 11) is 0. The number of anilines is 1. The van der Waals surface area contributed by atoms with Gasteiger partial charge in [-0.05, 0) is 32.8 Å². The van der Waals surface area contributed by atoms with E-state index in [4.69, 9.17) is 10.5 Å². The van der Waals surface area contributed by atoms with E-state index in [1.165, 1.54) is 0 Å². The summed E-state index contributed by atoms with van der Waals surface area (Å²) in [6, 6.07) is 3.98. The molecule has 1 saturated heterocycles. The predicted molar refractivity (Wildman–Crippen MR) is 108 cm³/mol. The number of hydrogen-bond donors (Lipinski definition) is 3. The van der Waals surface area contributed by atoms with Crippen molar-refractivity contribution in [3.63, 3.8) is 0 Å². The zero-order valence-corrected chi connectivity index (χ0v) is 16.4. The van der Waals surface area contributed by atoms with Crippen LogP contribution in [0.5, 0.6) is 0 Å². The second kappa shape index (κ2) is 11.4. The highest BCUT2D eigenvalue weighted by Gasteiger charge is 2.24. The number of ether oxygens (including phenoxy) is 1. The number of nitrogens with one attached hydrogen (secondary N) is 2. The van der Waals surface area contributed by atoms with Crippen LogP contribution < -0.4 is 21.3 Å². The molecule has 1 amide bonds. The molecule has 0 radical (unpaired) electrons. The molecule has 1 aromatic heterocycles. The SMILES string of the molecule is CCNC(=NCc1cccnc1N1CCC(C(N)=O)CC1)NCCOCC. The summed E-state index contributed by atoms with van der Waals surface area (Å²) in [5, 5.41) is 6.52. The van der Waals surface area contributed by atoms with E-state index < -0.39 is 0 Å². The highest BCUT2D eigenvalue weighted by molar-refractivity contribution is 5.79. The van der Waals surface area contributed by atoms with Crippen LogP contribution in [0.1, 0.15) is 32.3 Å². The molecule has 150 valence electrons. The van der Waals surface area contributed by atoms with Gasteiger partial charge in [-0.2, -0.15) is 0 Å². The van der Waals surface area contributed by atoms with Crippen LogP contribution in [0.4, 0.5) is 5.82 Å². The van der Waals surface area contributed by atoms with Gasteiger partial charge in [-0.1, -0.05) is 6.07 Å². The Morgan fingerprint density at radius 1 is 1.37 bits per heavy atom. The minimum absolute atomic E-state index is 0.0265. The topological polar surface area (TPSA) is 105 Å². The van der Waals surface area contributed by atoms with Crippen molar-refractivity contribution >= 4 is 17.7 Å². The summed E-state index contributed by atoms with van der Waals surface area (Å²) in [5.41, 5.74) is 6.50. The molecule has 0 atom stereocenters. The van der Waals surface area contributed by atoms with Crippen molar-refractivity contribution in [2.75, 3.05) is 44.3 Å². The van der Waals surface area contributed by atoms with Gasteiger partial charge in [0.2, 0.25) is 5.91 Å². The number of amides is 1. The maximum Gasteiger partial charge on any atom is 0.220 e. The van der Waals surface area contributed by atoms with Gasteiger partial charge in [0.15, 0.2) is 5.96 Å². The molecule has 0 aliphatic carbocycles. The maximum absolute atomic E-state index is 11.4. The normalized spacial score (nSPS) is 15.6. The third-order valence-electron chi connectivity index (χ3n) is 4.56. The van der Waals surface area contributed by atoms with E-state index in [0.29, 0.717) is 26.3 Å². The molecule has 4 N–H and O–H groups in total. The van der Waals surface area contributed by atoms with Gasteiger partial charge in [0.1, 0.15) is 5.82 Å². The van der Waals surface area contributed by atoms with Crippen LogP contribution in [0.3, 0.4) is 0 Å². The Hall–Kier alpha value is -2.35. The van der Waals surface area contributed by atoms with Crippen LogP contribution in [0.15, 0.2) is 23.3 Å². The zero-order valence-electron chi connectivity index (χ0n) is 16.4. The Labute approximate surface area is 161 Å². The molecule has 0 spiro atoms. The van der Waals surface area contributed by atoms with Crippen LogP contribution in [-0.2, 0) is 16.1 Å². The molecule has 8 heteroatoms. The van der Waals surface area contributed by atoms with Gasteiger partial charge in [-0.3, -0.25) is 4.79 Å². The second-order valence-corrected chi connectivity index (χ2v) is 6.47. The standard InChI is InChI=1S/C19H32N6O2/c1-3-21-19(23-10-13-27-4-2)24-14-16-6-5-9-22-18(16)25-11-7-15(8-12-25)17(20)26/h5-6,9,15H,3-4,7-8,10-14H2,1-2H3,(H2,20,26)(H2,21,23,24). The molecule has 0 aromatic carbocycles. The molecule has 2 heterocycles. The summed E-state index contributed by atoms with van der Waals surface area (Å²) in [4.78, 5) is 22.8. The fraction of sp³-hybridized carbons (Fsp3) is 0.632. The van der Waals surface area contributed by atoms with Crippen LogP contribution in [0, 0.1) is 5.92 Å². The lowest BCUT2D eigenvalue weighted by atomic mass is 9.96. The number of nitrogens with two attached hydrogens (primary N) is 1. The molecule has 2 rings (SSSR count). The number of aliphatic imine (C=N–C) groups is 1. The quantitative estimate of drug-likeness (QED) is 0.336. The van der Waals surface area contributed by atoms with E-state index in [1.54, 1.807) is 6.20 Å². The highest BCUT2D eigenvalue weighted by atomic mass is 16.5. The van der Waals surface area contributed by atoms with Gasteiger partial charge < -0.3 is 26.0 Å². The number of pyridine rings is 1. The molecule has 1 aliphatic heterocycles. The lowest BCUT2D eigenvalue weighted by Gasteiger charge is -2.32. The first kappa shape index (κ1) is 21.0. The van der Waals surface area contributed by atoms with Gasteiger partial charge in [-0.15, -0.1) is 0 Å². The number of carbonyl (C=O) groups is 1. The summed E-state index contributed by atoms with van der Waals surface area (Å²) in [6.07, 6.45) is 3.35. The number of guanidine groups is 1. The van der Waals surface area contributed by atoms with Gasteiger partial charge in [0.05, 0.1) is 13.2 Å².